The van der Waals surface area contributed by atoms with Crippen molar-refractivity contribution in [1.82, 2.24) is 0 Å². The number of ether oxygens (including phenoxy) is 1. The Hall–Kier alpha value is -2.45. The zero-order valence-electron chi connectivity index (χ0n) is 12.6. The molecule has 2 aromatic carbocycles. The Morgan fingerprint density at radius 2 is 1.68 bits per heavy atom. The van der Waals surface area contributed by atoms with E-state index in [2.05, 4.69) is 35.3 Å². The second-order valence-corrected chi connectivity index (χ2v) is 5.32. The standard InChI is InChI=1S/C20H19NO/c1-22-20(14-6-3-7-15-20)16-21-19-12-10-18(11-13-19)17-8-4-2-5-9-17/h2-14,16H,15H2,1H3. The maximum atomic E-state index is 5.61. The van der Waals surface area contributed by atoms with Crippen LogP contribution in [-0.4, -0.2) is 18.9 Å². The van der Waals surface area contributed by atoms with Crippen LogP contribution in [0.15, 0.2) is 83.9 Å². The molecule has 0 saturated heterocycles. The summed E-state index contributed by atoms with van der Waals surface area (Å²) in [5.41, 5.74) is 2.92. The quantitative estimate of drug-likeness (QED) is 0.729. The van der Waals surface area contributed by atoms with Crippen LogP contribution in [0.3, 0.4) is 0 Å². The van der Waals surface area contributed by atoms with Gasteiger partial charge in [-0.15, -0.1) is 0 Å². The average Bonchev–Trinajstić information content (AvgIpc) is 2.62. The van der Waals surface area contributed by atoms with Gasteiger partial charge in [-0.3, -0.25) is 4.99 Å². The molecule has 0 amide bonds. The molecule has 0 aromatic heterocycles. The molecule has 0 bridgehead atoms. The molecule has 110 valence electrons. The van der Waals surface area contributed by atoms with E-state index in [1.807, 2.05) is 54.8 Å². The van der Waals surface area contributed by atoms with Crippen LogP contribution in [0.25, 0.3) is 11.1 Å². The predicted octanol–water partition coefficient (Wildman–Crippen LogP) is 4.96. The van der Waals surface area contributed by atoms with Gasteiger partial charge in [0.1, 0.15) is 5.60 Å². The summed E-state index contributed by atoms with van der Waals surface area (Å²) in [5, 5.41) is 0. The van der Waals surface area contributed by atoms with E-state index in [4.69, 9.17) is 4.74 Å². The Balaban J connectivity index is 1.77. The topological polar surface area (TPSA) is 21.6 Å². The summed E-state index contributed by atoms with van der Waals surface area (Å²) in [6, 6.07) is 18.6. The van der Waals surface area contributed by atoms with Gasteiger partial charge < -0.3 is 4.74 Å². The highest BCUT2D eigenvalue weighted by molar-refractivity contribution is 5.76. The Morgan fingerprint density at radius 3 is 2.32 bits per heavy atom. The van der Waals surface area contributed by atoms with Crippen LogP contribution in [0.1, 0.15) is 6.42 Å². The third-order valence-electron chi connectivity index (χ3n) is 3.85. The average molecular weight is 289 g/mol. The lowest BCUT2D eigenvalue weighted by Crippen LogP contribution is -2.31. The van der Waals surface area contributed by atoms with Crippen molar-refractivity contribution in [3.8, 4) is 11.1 Å². The Kier molecular flexibility index (Phi) is 4.31. The second kappa shape index (κ2) is 6.54. The lowest BCUT2D eigenvalue weighted by Gasteiger charge is -2.25. The third kappa shape index (κ3) is 3.23. The fourth-order valence-electron chi connectivity index (χ4n) is 2.47. The first-order chi connectivity index (χ1) is 10.8. The second-order valence-electron chi connectivity index (χ2n) is 5.32. The highest BCUT2D eigenvalue weighted by atomic mass is 16.5. The van der Waals surface area contributed by atoms with Crippen molar-refractivity contribution in [2.45, 2.75) is 12.0 Å². The number of benzene rings is 2. The van der Waals surface area contributed by atoms with E-state index in [1.165, 1.54) is 11.1 Å². The first-order valence-corrected chi connectivity index (χ1v) is 7.42. The first-order valence-electron chi connectivity index (χ1n) is 7.42. The summed E-state index contributed by atoms with van der Waals surface area (Å²) in [6.45, 7) is 0. The molecule has 2 aromatic rings. The van der Waals surface area contributed by atoms with Gasteiger partial charge in [0, 0.05) is 19.7 Å². The van der Waals surface area contributed by atoms with Crippen molar-refractivity contribution in [3.63, 3.8) is 0 Å². The highest BCUT2D eigenvalue weighted by Crippen LogP contribution is 2.24. The molecular formula is C20H19NO. The smallest absolute Gasteiger partial charge is 0.125 e. The van der Waals surface area contributed by atoms with E-state index < -0.39 is 5.60 Å². The van der Waals surface area contributed by atoms with Crippen molar-refractivity contribution in [2.75, 3.05) is 7.11 Å². The lowest BCUT2D eigenvalue weighted by atomic mass is 9.96. The van der Waals surface area contributed by atoms with Gasteiger partial charge in [-0.05, 0) is 29.3 Å². The van der Waals surface area contributed by atoms with Crippen molar-refractivity contribution in [3.05, 3.63) is 78.9 Å². The van der Waals surface area contributed by atoms with Crippen LogP contribution in [-0.2, 0) is 4.74 Å². The monoisotopic (exact) mass is 289 g/mol. The molecule has 0 spiro atoms. The molecule has 0 fully saturated rings. The number of rotatable bonds is 4. The number of methoxy groups -OCH3 is 1. The lowest BCUT2D eigenvalue weighted by molar-refractivity contribution is 0.0970. The molecule has 1 aliphatic carbocycles. The van der Waals surface area contributed by atoms with E-state index in [1.54, 1.807) is 7.11 Å². The molecule has 1 aliphatic rings. The summed E-state index contributed by atoms with van der Waals surface area (Å²) in [7, 11) is 1.72. The minimum atomic E-state index is -0.424. The van der Waals surface area contributed by atoms with Gasteiger partial charge in [-0.2, -0.15) is 0 Å². The molecule has 0 N–H and O–H groups in total. The van der Waals surface area contributed by atoms with Crippen LogP contribution in [0.5, 0.6) is 0 Å². The van der Waals surface area contributed by atoms with Crippen LogP contribution in [0.2, 0.25) is 0 Å². The molecule has 2 nitrogen and oxygen atoms in total. The number of allylic oxidation sites excluding steroid dienone is 2. The van der Waals surface area contributed by atoms with Gasteiger partial charge in [0.05, 0.1) is 5.69 Å². The molecule has 22 heavy (non-hydrogen) atoms. The molecule has 2 heteroatoms. The fraction of sp³-hybridized carbons (Fsp3) is 0.150. The summed E-state index contributed by atoms with van der Waals surface area (Å²) < 4.78 is 5.61. The summed E-state index contributed by atoms with van der Waals surface area (Å²) >= 11 is 0. The Bertz CT molecular complexity index is 698. The van der Waals surface area contributed by atoms with Gasteiger partial charge in [0.2, 0.25) is 0 Å². The van der Waals surface area contributed by atoms with Gasteiger partial charge in [0.25, 0.3) is 0 Å². The molecular weight excluding hydrogens is 270 g/mol. The normalized spacial score (nSPS) is 20.6. The summed E-state index contributed by atoms with van der Waals surface area (Å²) in [6.07, 6.45) is 10.8. The van der Waals surface area contributed by atoms with E-state index in [0.29, 0.717) is 0 Å². The van der Waals surface area contributed by atoms with Crippen LogP contribution in [0, 0.1) is 0 Å². The third-order valence-corrected chi connectivity index (χ3v) is 3.85. The van der Waals surface area contributed by atoms with E-state index >= 15 is 0 Å². The largest absolute Gasteiger partial charge is 0.368 e. The van der Waals surface area contributed by atoms with E-state index in [9.17, 15) is 0 Å². The Morgan fingerprint density at radius 1 is 0.955 bits per heavy atom. The van der Waals surface area contributed by atoms with Crippen LogP contribution < -0.4 is 0 Å². The zero-order valence-corrected chi connectivity index (χ0v) is 12.6. The van der Waals surface area contributed by atoms with Crippen molar-refractivity contribution < 1.29 is 4.74 Å². The predicted molar refractivity (Wildman–Crippen MR) is 92.7 cm³/mol. The van der Waals surface area contributed by atoms with Gasteiger partial charge in [-0.1, -0.05) is 60.7 Å². The fourth-order valence-corrected chi connectivity index (χ4v) is 2.47. The number of nitrogens with zero attached hydrogens (tertiary/aromatic N) is 1. The van der Waals surface area contributed by atoms with Gasteiger partial charge >= 0.3 is 0 Å². The molecule has 3 rings (SSSR count). The Labute approximate surface area is 131 Å². The van der Waals surface area contributed by atoms with Gasteiger partial charge in [-0.25, -0.2) is 0 Å². The number of hydrogen-bond acceptors (Lipinski definition) is 2. The van der Waals surface area contributed by atoms with Crippen molar-refractivity contribution >= 4 is 11.9 Å². The molecule has 0 radical (unpaired) electrons. The molecule has 0 saturated carbocycles. The van der Waals surface area contributed by atoms with E-state index in [-0.39, 0.29) is 0 Å². The molecule has 1 atom stereocenters. The summed E-state index contributed by atoms with van der Waals surface area (Å²) in [4.78, 5) is 4.57. The molecule has 0 aliphatic heterocycles. The molecule has 0 heterocycles. The van der Waals surface area contributed by atoms with Crippen LogP contribution >= 0.6 is 0 Å². The minimum absolute atomic E-state index is 0.424. The van der Waals surface area contributed by atoms with Crippen molar-refractivity contribution in [1.29, 1.82) is 0 Å². The zero-order chi connectivity index (χ0) is 15.3. The first kappa shape index (κ1) is 14.5. The SMILES string of the molecule is COC1(C=Nc2ccc(-c3ccccc3)cc2)C=CC=CC1. The molecule has 1 unspecified atom stereocenters. The highest BCUT2D eigenvalue weighted by Gasteiger charge is 2.23. The minimum Gasteiger partial charge on any atom is -0.368 e. The summed E-state index contributed by atoms with van der Waals surface area (Å²) in [5.74, 6) is 0. The maximum Gasteiger partial charge on any atom is 0.125 e. The van der Waals surface area contributed by atoms with Crippen molar-refractivity contribution in [2.24, 2.45) is 4.99 Å². The number of hydrogen-bond donors (Lipinski definition) is 0. The van der Waals surface area contributed by atoms with E-state index in [0.717, 1.165) is 12.1 Å². The maximum absolute atomic E-state index is 5.61. The van der Waals surface area contributed by atoms with Crippen LogP contribution in [0.4, 0.5) is 5.69 Å². The number of aliphatic imine (C=N–C) groups is 1. The van der Waals surface area contributed by atoms with Gasteiger partial charge in [0.15, 0.2) is 0 Å².